The summed E-state index contributed by atoms with van der Waals surface area (Å²) in [6, 6.07) is 32.5. The minimum atomic E-state index is -0.488. The molecule has 27 heavy (non-hydrogen) atoms. The van der Waals surface area contributed by atoms with Crippen LogP contribution in [0.25, 0.3) is 0 Å². The Labute approximate surface area is 160 Å². The molecular weight excluding hydrogens is 330 g/mol. The molecule has 0 N–H and O–H groups in total. The van der Waals surface area contributed by atoms with Crippen LogP contribution >= 0.6 is 0 Å². The summed E-state index contributed by atoms with van der Waals surface area (Å²) in [6.07, 6.45) is 6.91. The van der Waals surface area contributed by atoms with Gasteiger partial charge in [-0.3, -0.25) is 4.84 Å². The van der Waals surface area contributed by atoms with E-state index in [-0.39, 0.29) is 12.1 Å². The molecule has 2 nitrogen and oxygen atoms in total. The summed E-state index contributed by atoms with van der Waals surface area (Å²) >= 11 is 0. The maximum Gasteiger partial charge on any atom is 0.122 e. The molecule has 0 spiro atoms. The molecule has 3 aliphatic rings. The highest BCUT2D eigenvalue weighted by molar-refractivity contribution is 5.49. The maximum absolute atomic E-state index is 6.56. The van der Waals surface area contributed by atoms with Crippen LogP contribution in [0.1, 0.15) is 29.5 Å². The molecule has 2 unspecified atom stereocenters. The molecule has 0 radical (unpaired) electrons. The standard InChI is InChI=1S/C25H23NO/c1-4-10-20(11-5-1)25(21-12-6-2-7-13-21,22-14-8-3-9-15-22)26-23-16-18-24(27-26)19-17-23/h1-16,18,23-24H,17,19H2. The Morgan fingerprint density at radius 3 is 1.44 bits per heavy atom. The fraction of sp³-hybridized carbons (Fsp3) is 0.200. The van der Waals surface area contributed by atoms with Crippen LogP contribution in [-0.2, 0) is 10.4 Å². The zero-order valence-electron chi connectivity index (χ0n) is 15.2. The van der Waals surface area contributed by atoms with Gasteiger partial charge in [-0.25, -0.2) is 0 Å². The Kier molecular flexibility index (Phi) is 4.16. The normalized spacial score (nSPS) is 22.1. The third-order valence-electron chi connectivity index (χ3n) is 5.75. The van der Waals surface area contributed by atoms with Crippen molar-refractivity contribution in [2.75, 3.05) is 0 Å². The number of fused-ring (bicyclic) bond motifs is 2. The third-order valence-corrected chi connectivity index (χ3v) is 5.75. The van der Waals surface area contributed by atoms with Crippen LogP contribution in [0.4, 0.5) is 0 Å². The SMILES string of the molecule is C1=CC2CCC1ON2C(c1ccccc1)(c1ccccc1)c1ccccc1. The second-order valence-corrected chi connectivity index (χ2v) is 7.31. The lowest BCUT2D eigenvalue weighted by Gasteiger charge is -2.52. The molecule has 134 valence electrons. The molecule has 6 rings (SSSR count). The molecule has 3 aromatic rings. The maximum atomic E-state index is 6.56. The van der Waals surface area contributed by atoms with E-state index in [2.05, 4.69) is 108 Å². The highest BCUT2D eigenvalue weighted by Gasteiger charge is 2.49. The first-order valence-corrected chi connectivity index (χ1v) is 9.70. The zero-order chi connectivity index (χ0) is 18.1. The Morgan fingerprint density at radius 2 is 1.11 bits per heavy atom. The summed E-state index contributed by atoms with van der Waals surface area (Å²) in [4.78, 5) is 6.56. The van der Waals surface area contributed by atoms with Crippen molar-refractivity contribution in [2.45, 2.75) is 30.5 Å². The average Bonchev–Trinajstić information content (AvgIpc) is 2.78. The van der Waals surface area contributed by atoms with Gasteiger partial charge in [-0.1, -0.05) is 103 Å². The molecule has 2 heterocycles. The van der Waals surface area contributed by atoms with E-state index in [4.69, 9.17) is 4.84 Å². The van der Waals surface area contributed by atoms with E-state index in [1.165, 1.54) is 16.7 Å². The minimum Gasteiger partial charge on any atom is -0.289 e. The van der Waals surface area contributed by atoms with Crippen molar-refractivity contribution in [2.24, 2.45) is 0 Å². The summed E-state index contributed by atoms with van der Waals surface area (Å²) < 4.78 is 0. The smallest absolute Gasteiger partial charge is 0.122 e. The summed E-state index contributed by atoms with van der Waals surface area (Å²) in [5, 5.41) is 2.25. The van der Waals surface area contributed by atoms with Gasteiger partial charge < -0.3 is 0 Å². The summed E-state index contributed by atoms with van der Waals surface area (Å²) in [6.45, 7) is 0. The van der Waals surface area contributed by atoms with Crippen molar-refractivity contribution in [3.8, 4) is 0 Å². The van der Waals surface area contributed by atoms with Crippen LogP contribution in [0.15, 0.2) is 103 Å². The van der Waals surface area contributed by atoms with Crippen LogP contribution in [0, 0.1) is 0 Å². The molecule has 1 aliphatic carbocycles. The highest BCUT2D eigenvalue weighted by atomic mass is 16.7. The second kappa shape index (κ2) is 6.80. The fourth-order valence-electron chi connectivity index (χ4n) is 4.53. The van der Waals surface area contributed by atoms with Crippen molar-refractivity contribution in [1.82, 2.24) is 5.06 Å². The van der Waals surface area contributed by atoms with E-state index < -0.39 is 5.54 Å². The van der Waals surface area contributed by atoms with E-state index in [0.717, 1.165) is 12.8 Å². The molecule has 1 saturated heterocycles. The number of rotatable bonds is 4. The van der Waals surface area contributed by atoms with Crippen molar-refractivity contribution in [3.05, 3.63) is 120 Å². The lowest BCUT2D eigenvalue weighted by Crippen LogP contribution is -2.57. The van der Waals surface area contributed by atoms with Gasteiger partial charge in [-0.15, -0.1) is 0 Å². The summed E-state index contributed by atoms with van der Waals surface area (Å²) in [5.41, 5.74) is 3.19. The van der Waals surface area contributed by atoms with Crippen molar-refractivity contribution >= 4 is 0 Å². The Bertz CT molecular complexity index is 824. The van der Waals surface area contributed by atoms with Crippen LogP contribution in [0.3, 0.4) is 0 Å². The van der Waals surface area contributed by atoms with E-state index in [1.54, 1.807) is 0 Å². The van der Waals surface area contributed by atoms with Crippen molar-refractivity contribution < 1.29 is 4.84 Å². The molecule has 0 amide bonds. The van der Waals surface area contributed by atoms with E-state index in [0.29, 0.717) is 0 Å². The van der Waals surface area contributed by atoms with Gasteiger partial charge in [0.2, 0.25) is 0 Å². The van der Waals surface area contributed by atoms with E-state index >= 15 is 0 Å². The number of hydrogen-bond acceptors (Lipinski definition) is 2. The van der Waals surface area contributed by atoms with Gasteiger partial charge >= 0.3 is 0 Å². The van der Waals surface area contributed by atoms with Crippen LogP contribution in [-0.4, -0.2) is 17.2 Å². The quantitative estimate of drug-likeness (QED) is 0.465. The topological polar surface area (TPSA) is 12.5 Å². The van der Waals surface area contributed by atoms with Gasteiger partial charge in [-0.2, -0.15) is 5.06 Å². The molecule has 1 fully saturated rings. The Hall–Kier alpha value is -2.68. The van der Waals surface area contributed by atoms with Gasteiger partial charge in [0.15, 0.2) is 0 Å². The summed E-state index contributed by atoms with van der Waals surface area (Å²) in [7, 11) is 0. The predicted octanol–water partition coefficient (Wildman–Crippen LogP) is 5.31. The largest absolute Gasteiger partial charge is 0.289 e. The molecule has 3 aromatic carbocycles. The monoisotopic (exact) mass is 353 g/mol. The molecule has 0 aromatic heterocycles. The van der Waals surface area contributed by atoms with Gasteiger partial charge in [0.25, 0.3) is 0 Å². The van der Waals surface area contributed by atoms with E-state index in [1.807, 2.05) is 0 Å². The first kappa shape index (κ1) is 16.5. The average molecular weight is 353 g/mol. The van der Waals surface area contributed by atoms with Crippen LogP contribution < -0.4 is 0 Å². The highest BCUT2D eigenvalue weighted by Crippen LogP contribution is 2.47. The van der Waals surface area contributed by atoms with Gasteiger partial charge in [0.05, 0.1) is 12.1 Å². The molecule has 2 bridgehead atoms. The number of hydroxylamine groups is 2. The van der Waals surface area contributed by atoms with E-state index in [9.17, 15) is 0 Å². The Morgan fingerprint density at radius 1 is 0.630 bits per heavy atom. The Balaban J connectivity index is 1.82. The number of nitrogens with zero attached hydrogens (tertiary/aromatic N) is 1. The lowest BCUT2D eigenvalue weighted by molar-refractivity contribution is -0.271. The number of hydrogen-bond donors (Lipinski definition) is 0. The first-order valence-electron chi connectivity index (χ1n) is 9.70. The molecule has 2 atom stereocenters. The van der Waals surface area contributed by atoms with Gasteiger partial charge in [0, 0.05) is 0 Å². The van der Waals surface area contributed by atoms with Crippen LogP contribution in [0.5, 0.6) is 0 Å². The number of benzene rings is 3. The van der Waals surface area contributed by atoms with Crippen LogP contribution in [0.2, 0.25) is 0 Å². The first-order chi connectivity index (χ1) is 13.4. The minimum absolute atomic E-state index is 0.158. The van der Waals surface area contributed by atoms with Crippen molar-refractivity contribution in [3.63, 3.8) is 0 Å². The van der Waals surface area contributed by atoms with Gasteiger partial charge in [0.1, 0.15) is 5.54 Å². The molecule has 2 heteroatoms. The zero-order valence-corrected chi connectivity index (χ0v) is 15.2. The summed E-state index contributed by atoms with van der Waals surface area (Å²) in [5.74, 6) is 0. The second-order valence-electron chi connectivity index (χ2n) is 7.31. The molecule has 0 saturated carbocycles. The third kappa shape index (κ3) is 2.64. The predicted molar refractivity (Wildman–Crippen MR) is 108 cm³/mol. The molecular formula is C25H23NO. The molecule has 2 aliphatic heterocycles. The van der Waals surface area contributed by atoms with Crippen molar-refractivity contribution in [1.29, 1.82) is 0 Å². The fourth-order valence-corrected chi connectivity index (χ4v) is 4.53. The van der Waals surface area contributed by atoms with Gasteiger partial charge in [-0.05, 0) is 29.5 Å². The lowest BCUT2D eigenvalue weighted by atomic mass is 9.75.